The highest BCUT2D eigenvalue weighted by molar-refractivity contribution is 5.65. The fraction of sp³-hybridized carbons (Fsp3) is 0.238. The van der Waals surface area contributed by atoms with Crippen molar-refractivity contribution in [1.82, 2.24) is 9.97 Å². The van der Waals surface area contributed by atoms with Crippen LogP contribution in [0.1, 0.15) is 11.3 Å². The van der Waals surface area contributed by atoms with E-state index in [4.69, 9.17) is 9.47 Å². The molecule has 28 heavy (non-hydrogen) atoms. The second-order valence-corrected chi connectivity index (χ2v) is 6.21. The fourth-order valence-electron chi connectivity index (χ4n) is 2.73. The average Bonchev–Trinajstić information content (AvgIpc) is 2.69. The largest absolute Gasteiger partial charge is 0.497 e. The van der Waals surface area contributed by atoms with Crippen molar-refractivity contribution in [1.29, 1.82) is 0 Å². The Kier molecular flexibility index (Phi) is 6.26. The van der Waals surface area contributed by atoms with Crippen molar-refractivity contribution in [2.24, 2.45) is 0 Å². The summed E-state index contributed by atoms with van der Waals surface area (Å²) in [5.41, 5.74) is 2.59. The van der Waals surface area contributed by atoms with Gasteiger partial charge in [0.15, 0.2) is 0 Å². The molecule has 0 aliphatic carbocycles. The van der Waals surface area contributed by atoms with Crippen LogP contribution in [-0.2, 0) is 6.42 Å². The second kappa shape index (κ2) is 9.03. The smallest absolute Gasteiger partial charge is 0.229 e. The van der Waals surface area contributed by atoms with E-state index in [0.29, 0.717) is 35.5 Å². The molecule has 3 aromatic rings. The molecule has 0 saturated heterocycles. The number of methoxy groups -OCH3 is 2. The Morgan fingerprint density at radius 1 is 0.964 bits per heavy atom. The molecule has 3 rings (SSSR count). The van der Waals surface area contributed by atoms with Gasteiger partial charge in [-0.3, -0.25) is 0 Å². The van der Waals surface area contributed by atoms with Crippen LogP contribution in [0.2, 0.25) is 0 Å². The van der Waals surface area contributed by atoms with E-state index in [9.17, 15) is 4.39 Å². The van der Waals surface area contributed by atoms with Crippen molar-refractivity contribution in [3.05, 3.63) is 65.6 Å². The summed E-state index contributed by atoms with van der Waals surface area (Å²) in [7, 11) is 3.21. The van der Waals surface area contributed by atoms with Crippen molar-refractivity contribution >= 4 is 17.5 Å². The Labute approximate surface area is 163 Å². The molecule has 0 aliphatic rings. The number of nitrogens with zero attached hydrogens (tertiary/aromatic N) is 2. The minimum absolute atomic E-state index is 0.230. The van der Waals surface area contributed by atoms with Gasteiger partial charge in [-0.1, -0.05) is 12.1 Å². The summed E-state index contributed by atoms with van der Waals surface area (Å²) in [6.45, 7) is 2.57. The highest BCUT2D eigenvalue weighted by Gasteiger charge is 2.09. The molecule has 1 aromatic heterocycles. The molecule has 6 nitrogen and oxygen atoms in total. The number of hydrogen-bond donors (Lipinski definition) is 2. The lowest BCUT2D eigenvalue weighted by Gasteiger charge is -2.13. The molecule has 0 unspecified atom stereocenters. The van der Waals surface area contributed by atoms with Gasteiger partial charge in [0.05, 0.1) is 19.9 Å². The molecule has 0 fully saturated rings. The zero-order chi connectivity index (χ0) is 19.9. The van der Waals surface area contributed by atoms with Crippen LogP contribution >= 0.6 is 0 Å². The average molecular weight is 382 g/mol. The fourth-order valence-corrected chi connectivity index (χ4v) is 2.73. The van der Waals surface area contributed by atoms with Gasteiger partial charge in [-0.25, -0.2) is 9.37 Å². The molecule has 0 bridgehead atoms. The van der Waals surface area contributed by atoms with Crippen LogP contribution in [0.4, 0.5) is 21.8 Å². The molecule has 0 radical (unpaired) electrons. The van der Waals surface area contributed by atoms with Crippen LogP contribution in [0.25, 0.3) is 0 Å². The summed E-state index contributed by atoms with van der Waals surface area (Å²) in [4.78, 5) is 8.95. The lowest BCUT2D eigenvalue weighted by atomic mass is 10.1. The molecule has 2 N–H and O–H groups in total. The van der Waals surface area contributed by atoms with Crippen molar-refractivity contribution in [3.63, 3.8) is 0 Å². The first kappa shape index (κ1) is 19.4. The molecule has 0 atom stereocenters. The van der Waals surface area contributed by atoms with E-state index in [2.05, 4.69) is 20.6 Å². The molecule has 2 aromatic carbocycles. The number of benzene rings is 2. The SMILES string of the molecule is COc1ccc(OC)c(Nc2nc(C)cc(NCCc3ccc(F)cc3)n2)c1. The molecule has 7 heteroatoms. The van der Waals surface area contributed by atoms with Gasteiger partial charge in [0, 0.05) is 24.4 Å². The van der Waals surface area contributed by atoms with Crippen molar-refractivity contribution < 1.29 is 13.9 Å². The highest BCUT2D eigenvalue weighted by atomic mass is 19.1. The molecule has 1 heterocycles. The summed E-state index contributed by atoms with van der Waals surface area (Å²) in [5, 5.41) is 6.47. The predicted molar refractivity (Wildman–Crippen MR) is 108 cm³/mol. The van der Waals surface area contributed by atoms with Crippen molar-refractivity contribution in [2.75, 3.05) is 31.4 Å². The molecule has 0 spiro atoms. The van der Waals surface area contributed by atoms with E-state index in [0.717, 1.165) is 17.7 Å². The van der Waals surface area contributed by atoms with Crippen LogP contribution in [-0.4, -0.2) is 30.7 Å². The number of rotatable bonds is 8. The first-order valence-corrected chi connectivity index (χ1v) is 8.90. The Bertz CT molecular complexity index is 932. The number of anilines is 3. The van der Waals surface area contributed by atoms with E-state index in [1.54, 1.807) is 26.4 Å². The third-order valence-corrected chi connectivity index (χ3v) is 4.14. The number of hydrogen-bond acceptors (Lipinski definition) is 6. The lowest BCUT2D eigenvalue weighted by Crippen LogP contribution is -2.09. The second-order valence-electron chi connectivity index (χ2n) is 6.21. The molecular weight excluding hydrogens is 359 g/mol. The molecule has 0 aliphatic heterocycles. The maximum Gasteiger partial charge on any atom is 0.229 e. The Morgan fingerprint density at radius 2 is 1.75 bits per heavy atom. The van der Waals surface area contributed by atoms with Gasteiger partial charge in [-0.05, 0) is 43.2 Å². The third kappa shape index (κ3) is 5.09. The normalized spacial score (nSPS) is 10.4. The molecular formula is C21H23FN4O2. The van der Waals surface area contributed by atoms with Crippen LogP contribution in [0, 0.1) is 12.7 Å². The molecule has 0 saturated carbocycles. The number of aryl methyl sites for hydroxylation is 1. The van der Waals surface area contributed by atoms with Crippen LogP contribution < -0.4 is 20.1 Å². The Morgan fingerprint density at radius 3 is 2.46 bits per heavy atom. The van der Waals surface area contributed by atoms with Crippen molar-refractivity contribution in [2.45, 2.75) is 13.3 Å². The molecule has 146 valence electrons. The van der Waals surface area contributed by atoms with Gasteiger partial charge >= 0.3 is 0 Å². The van der Waals surface area contributed by atoms with Crippen LogP contribution in [0.3, 0.4) is 0 Å². The van der Waals surface area contributed by atoms with Gasteiger partial charge in [0.2, 0.25) is 5.95 Å². The zero-order valence-corrected chi connectivity index (χ0v) is 16.1. The summed E-state index contributed by atoms with van der Waals surface area (Å²) in [6.07, 6.45) is 0.760. The van der Waals surface area contributed by atoms with E-state index in [1.165, 1.54) is 12.1 Å². The van der Waals surface area contributed by atoms with E-state index in [1.807, 2.05) is 31.2 Å². The standard InChI is InChI=1S/C21H23FN4O2/c1-14-12-20(23-11-10-15-4-6-16(22)7-5-15)26-21(24-14)25-18-13-17(27-2)8-9-19(18)28-3/h4-9,12-13H,10-11H2,1-3H3,(H2,23,24,25,26). The lowest BCUT2D eigenvalue weighted by molar-refractivity contribution is 0.405. The quantitative estimate of drug-likeness (QED) is 0.604. The van der Waals surface area contributed by atoms with E-state index < -0.39 is 0 Å². The summed E-state index contributed by atoms with van der Waals surface area (Å²) in [5.74, 6) is 2.30. The molecule has 0 amide bonds. The van der Waals surface area contributed by atoms with Crippen molar-refractivity contribution in [3.8, 4) is 11.5 Å². The van der Waals surface area contributed by atoms with Gasteiger partial charge in [-0.15, -0.1) is 0 Å². The topological polar surface area (TPSA) is 68.3 Å². The third-order valence-electron chi connectivity index (χ3n) is 4.14. The monoisotopic (exact) mass is 382 g/mol. The van der Waals surface area contributed by atoms with Gasteiger partial charge in [0.25, 0.3) is 0 Å². The van der Waals surface area contributed by atoms with E-state index >= 15 is 0 Å². The minimum atomic E-state index is -0.230. The van der Waals surface area contributed by atoms with Crippen LogP contribution in [0.15, 0.2) is 48.5 Å². The number of nitrogens with one attached hydrogen (secondary N) is 2. The van der Waals surface area contributed by atoms with Crippen LogP contribution in [0.5, 0.6) is 11.5 Å². The highest BCUT2D eigenvalue weighted by Crippen LogP contribution is 2.30. The van der Waals surface area contributed by atoms with Gasteiger partial charge < -0.3 is 20.1 Å². The Balaban J connectivity index is 1.70. The first-order chi connectivity index (χ1) is 13.6. The number of aromatic nitrogens is 2. The minimum Gasteiger partial charge on any atom is -0.497 e. The predicted octanol–water partition coefficient (Wildman–Crippen LogP) is 4.34. The number of ether oxygens (including phenoxy) is 2. The summed E-state index contributed by atoms with van der Waals surface area (Å²) in [6, 6.07) is 13.8. The van der Waals surface area contributed by atoms with E-state index in [-0.39, 0.29) is 5.82 Å². The first-order valence-electron chi connectivity index (χ1n) is 8.90. The maximum atomic E-state index is 13.0. The zero-order valence-electron chi connectivity index (χ0n) is 16.1. The van der Waals surface area contributed by atoms with Gasteiger partial charge in [0.1, 0.15) is 23.1 Å². The summed E-state index contributed by atoms with van der Waals surface area (Å²) < 4.78 is 23.6. The maximum absolute atomic E-state index is 13.0. The summed E-state index contributed by atoms with van der Waals surface area (Å²) >= 11 is 0. The number of halogens is 1. The van der Waals surface area contributed by atoms with Gasteiger partial charge in [-0.2, -0.15) is 4.98 Å². The Hall–Kier alpha value is -3.35.